The maximum Gasteiger partial charge on any atom is 0.309 e. The van der Waals surface area contributed by atoms with Gasteiger partial charge in [-0.15, -0.1) is 0 Å². The van der Waals surface area contributed by atoms with Gasteiger partial charge in [-0.2, -0.15) is 0 Å². The van der Waals surface area contributed by atoms with Gasteiger partial charge in [0, 0.05) is 0 Å². The third-order valence-corrected chi connectivity index (χ3v) is 1.96. The van der Waals surface area contributed by atoms with Crippen molar-refractivity contribution >= 4 is 5.97 Å². The van der Waals surface area contributed by atoms with E-state index in [4.69, 9.17) is 4.74 Å². The van der Waals surface area contributed by atoms with E-state index < -0.39 is 0 Å². The Kier molecular flexibility index (Phi) is 5.72. The first-order valence-corrected chi connectivity index (χ1v) is 4.22. The second kappa shape index (κ2) is 6.00. The molecular weight excluding hydrogens is 154 g/mol. The molecular formula is C9H19NO2. The number of carbonyl (C=O) groups is 1. The number of ether oxygens (including phenoxy) is 1. The van der Waals surface area contributed by atoms with Crippen LogP contribution in [0.2, 0.25) is 0 Å². The summed E-state index contributed by atoms with van der Waals surface area (Å²) in [6, 6.07) is 0. The first-order valence-electron chi connectivity index (χ1n) is 4.22. The molecule has 1 aliphatic heterocycles. The highest BCUT2D eigenvalue weighted by atomic mass is 16.5. The molecule has 0 aromatic rings. The quantitative estimate of drug-likeness (QED) is 0.637. The van der Waals surface area contributed by atoms with Crippen LogP contribution < -0.4 is 5.32 Å². The fourth-order valence-corrected chi connectivity index (χ4v) is 1.32. The Labute approximate surface area is 74.5 Å². The minimum Gasteiger partial charge on any atom is -0.466 e. The van der Waals surface area contributed by atoms with E-state index in [1.165, 1.54) is 0 Å². The minimum absolute atomic E-state index is 0. The average Bonchev–Trinajstić information content (AvgIpc) is 2.07. The summed E-state index contributed by atoms with van der Waals surface area (Å²) in [6.07, 6.45) is 1.86. The molecule has 72 valence electrons. The Hall–Kier alpha value is -0.570. The number of piperidine rings is 1. The molecule has 1 heterocycles. The van der Waals surface area contributed by atoms with Crippen molar-refractivity contribution < 1.29 is 9.53 Å². The van der Waals surface area contributed by atoms with E-state index in [0.29, 0.717) is 6.61 Å². The molecule has 0 bridgehead atoms. The van der Waals surface area contributed by atoms with E-state index in [-0.39, 0.29) is 19.3 Å². The van der Waals surface area contributed by atoms with Gasteiger partial charge in [-0.05, 0) is 32.9 Å². The van der Waals surface area contributed by atoms with E-state index in [0.717, 1.165) is 25.9 Å². The van der Waals surface area contributed by atoms with E-state index >= 15 is 0 Å². The zero-order valence-electron chi connectivity index (χ0n) is 6.93. The van der Waals surface area contributed by atoms with Gasteiger partial charge in [0.15, 0.2) is 0 Å². The zero-order valence-corrected chi connectivity index (χ0v) is 6.93. The highest BCUT2D eigenvalue weighted by Crippen LogP contribution is 2.12. The predicted octanol–water partition coefficient (Wildman–Crippen LogP) is 1.19. The van der Waals surface area contributed by atoms with Crippen LogP contribution in [-0.2, 0) is 9.53 Å². The van der Waals surface area contributed by atoms with Gasteiger partial charge in [0.05, 0.1) is 12.5 Å². The van der Waals surface area contributed by atoms with Crippen molar-refractivity contribution in [1.29, 1.82) is 0 Å². The van der Waals surface area contributed by atoms with Crippen molar-refractivity contribution in [2.45, 2.75) is 27.2 Å². The second-order valence-corrected chi connectivity index (χ2v) is 2.78. The lowest BCUT2D eigenvalue weighted by Crippen LogP contribution is -2.32. The van der Waals surface area contributed by atoms with Crippen LogP contribution in [0.15, 0.2) is 0 Å². The summed E-state index contributed by atoms with van der Waals surface area (Å²) in [5.41, 5.74) is 0. The molecule has 1 rings (SSSR count). The maximum atomic E-state index is 11.1. The first kappa shape index (κ1) is 11.4. The van der Waals surface area contributed by atoms with Gasteiger partial charge >= 0.3 is 5.97 Å². The van der Waals surface area contributed by atoms with Crippen molar-refractivity contribution in [3.8, 4) is 0 Å². The topological polar surface area (TPSA) is 38.3 Å². The summed E-state index contributed by atoms with van der Waals surface area (Å²) in [5, 5.41) is 3.20. The molecule has 1 fully saturated rings. The zero-order chi connectivity index (χ0) is 8.10. The van der Waals surface area contributed by atoms with Crippen LogP contribution in [0.1, 0.15) is 27.2 Å². The monoisotopic (exact) mass is 173 g/mol. The van der Waals surface area contributed by atoms with Crippen molar-refractivity contribution in [1.82, 2.24) is 5.32 Å². The average molecular weight is 173 g/mol. The van der Waals surface area contributed by atoms with Crippen LogP contribution in [0.4, 0.5) is 0 Å². The fraction of sp³-hybridized carbons (Fsp3) is 0.889. The van der Waals surface area contributed by atoms with E-state index in [9.17, 15) is 4.79 Å². The summed E-state index contributed by atoms with van der Waals surface area (Å²) in [7, 11) is 0. The number of hydrogen-bond donors (Lipinski definition) is 1. The van der Waals surface area contributed by atoms with Gasteiger partial charge < -0.3 is 10.1 Å². The lowest BCUT2D eigenvalue weighted by Gasteiger charge is -2.20. The third-order valence-electron chi connectivity index (χ3n) is 1.96. The summed E-state index contributed by atoms with van der Waals surface area (Å²) >= 11 is 0. The number of nitrogens with one attached hydrogen (secondary N) is 1. The molecule has 0 aromatic carbocycles. The molecule has 0 saturated carbocycles. The highest BCUT2D eigenvalue weighted by Gasteiger charge is 2.21. The van der Waals surface area contributed by atoms with Crippen LogP contribution in [0.3, 0.4) is 0 Å². The van der Waals surface area contributed by atoms with E-state index in [2.05, 4.69) is 5.32 Å². The Morgan fingerprint density at radius 2 is 2.08 bits per heavy atom. The lowest BCUT2D eigenvalue weighted by atomic mass is 9.99. The van der Waals surface area contributed by atoms with Crippen molar-refractivity contribution in [2.75, 3.05) is 19.7 Å². The highest BCUT2D eigenvalue weighted by molar-refractivity contribution is 5.72. The van der Waals surface area contributed by atoms with Crippen molar-refractivity contribution in [3.63, 3.8) is 0 Å². The molecule has 1 aliphatic rings. The molecule has 3 heteroatoms. The Bertz CT molecular complexity index is 130. The third kappa shape index (κ3) is 3.22. The summed E-state index contributed by atoms with van der Waals surface area (Å²) in [6.45, 7) is 4.24. The molecule has 0 aromatic heterocycles. The lowest BCUT2D eigenvalue weighted by molar-refractivity contribution is -0.148. The molecule has 1 N–H and O–H groups in total. The summed E-state index contributed by atoms with van der Waals surface area (Å²) in [5.74, 6) is 0.130. The second-order valence-electron chi connectivity index (χ2n) is 2.78. The van der Waals surface area contributed by atoms with Crippen LogP contribution in [-0.4, -0.2) is 25.7 Å². The van der Waals surface area contributed by atoms with Gasteiger partial charge in [0.1, 0.15) is 0 Å². The minimum atomic E-state index is -0.0194. The van der Waals surface area contributed by atoms with Gasteiger partial charge in [-0.3, -0.25) is 4.79 Å². The SMILES string of the molecule is C.CCOC(=O)C1CCNCC1. The molecule has 0 spiro atoms. The van der Waals surface area contributed by atoms with Crippen molar-refractivity contribution in [3.05, 3.63) is 0 Å². The van der Waals surface area contributed by atoms with E-state index in [1.807, 2.05) is 6.92 Å². The molecule has 0 aliphatic carbocycles. The fourth-order valence-electron chi connectivity index (χ4n) is 1.32. The number of esters is 1. The standard InChI is InChI=1S/C8H15NO2.CH4/c1-2-11-8(10)7-3-5-9-6-4-7;/h7,9H,2-6H2,1H3;1H4. The Morgan fingerprint density at radius 1 is 1.50 bits per heavy atom. The summed E-state index contributed by atoms with van der Waals surface area (Å²) in [4.78, 5) is 11.1. The maximum absolute atomic E-state index is 11.1. The van der Waals surface area contributed by atoms with Gasteiger partial charge in [0.25, 0.3) is 0 Å². The Balaban J connectivity index is 0.00000121. The normalized spacial score (nSPS) is 18.1. The van der Waals surface area contributed by atoms with Gasteiger partial charge in [0.2, 0.25) is 0 Å². The molecule has 1 saturated heterocycles. The summed E-state index contributed by atoms with van der Waals surface area (Å²) < 4.78 is 4.91. The van der Waals surface area contributed by atoms with Gasteiger partial charge in [-0.1, -0.05) is 7.43 Å². The number of carbonyl (C=O) groups excluding carboxylic acids is 1. The van der Waals surface area contributed by atoms with E-state index in [1.54, 1.807) is 0 Å². The Morgan fingerprint density at radius 3 is 2.58 bits per heavy atom. The molecule has 0 radical (unpaired) electrons. The molecule has 3 nitrogen and oxygen atoms in total. The van der Waals surface area contributed by atoms with Crippen LogP contribution in [0.25, 0.3) is 0 Å². The largest absolute Gasteiger partial charge is 0.466 e. The van der Waals surface area contributed by atoms with Crippen LogP contribution >= 0.6 is 0 Å². The smallest absolute Gasteiger partial charge is 0.309 e. The molecule has 0 atom stereocenters. The molecule has 0 unspecified atom stereocenters. The first-order chi connectivity index (χ1) is 5.34. The number of hydrogen-bond acceptors (Lipinski definition) is 3. The van der Waals surface area contributed by atoms with Crippen molar-refractivity contribution in [2.24, 2.45) is 5.92 Å². The van der Waals surface area contributed by atoms with Crippen LogP contribution in [0.5, 0.6) is 0 Å². The molecule has 12 heavy (non-hydrogen) atoms. The molecule has 0 amide bonds. The predicted molar refractivity (Wildman–Crippen MR) is 49.0 cm³/mol. The number of rotatable bonds is 2. The van der Waals surface area contributed by atoms with Crippen LogP contribution in [0, 0.1) is 5.92 Å². The van der Waals surface area contributed by atoms with Gasteiger partial charge in [-0.25, -0.2) is 0 Å².